The number of nitrogens with zero attached hydrogens (tertiary/aromatic N) is 1. The van der Waals surface area contributed by atoms with Crippen molar-refractivity contribution in [3.63, 3.8) is 0 Å². The van der Waals surface area contributed by atoms with Crippen LogP contribution in [0.3, 0.4) is 0 Å². The number of nitrogens with one attached hydrogen (secondary N) is 1. The monoisotopic (exact) mass is 335 g/mol. The maximum Gasteiger partial charge on any atom is 0.238 e. The Morgan fingerprint density at radius 1 is 1.23 bits per heavy atom. The molecule has 0 amide bonds. The van der Waals surface area contributed by atoms with Crippen LogP contribution in [-0.4, -0.2) is 18.4 Å². The van der Waals surface area contributed by atoms with Gasteiger partial charge in [0.15, 0.2) is 0 Å². The number of sulfonamides is 1. The first kappa shape index (κ1) is 15.0. The summed E-state index contributed by atoms with van der Waals surface area (Å²) in [5.41, 5.74) is 3.40. The molecule has 2 aromatic heterocycles. The Labute approximate surface area is 133 Å². The van der Waals surface area contributed by atoms with Gasteiger partial charge < -0.3 is 4.98 Å². The summed E-state index contributed by atoms with van der Waals surface area (Å²) in [6.07, 6.45) is 4.48. The standard InChI is InChI=1S/C15H14ClN3O2S/c1-2-9-7-18-15-14(9)5-11(8-19-15)10-3-12(16)6-13(4-10)22(17,20)21/h3-8H,2H2,1H3,(H,18,19)(H2,17,20,21). The van der Waals surface area contributed by atoms with Gasteiger partial charge in [0.1, 0.15) is 5.65 Å². The van der Waals surface area contributed by atoms with E-state index >= 15 is 0 Å². The number of aryl methyl sites for hydroxylation is 1. The second-order valence-corrected chi connectivity index (χ2v) is 7.01. The van der Waals surface area contributed by atoms with Crippen molar-refractivity contribution in [3.05, 3.63) is 47.2 Å². The highest BCUT2D eigenvalue weighted by Crippen LogP contribution is 2.29. The van der Waals surface area contributed by atoms with Crippen molar-refractivity contribution in [2.24, 2.45) is 5.14 Å². The predicted molar refractivity (Wildman–Crippen MR) is 87.3 cm³/mol. The number of fused-ring (bicyclic) bond motifs is 1. The molecule has 0 radical (unpaired) electrons. The Balaban J connectivity index is 2.20. The van der Waals surface area contributed by atoms with Gasteiger partial charge in [0, 0.05) is 28.4 Å². The molecule has 0 saturated carbocycles. The third-order valence-corrected chi connectivity index (χ3v) is 4.64. The zero-order valence-electron chi connectivity index (χ0n) is 11.8. The van der Waals surface area contributed by atoms with Gasteiger partial charge in [0.05, 0.1) is 4.90 Å². The second-order valence-electron chi connectivity index (χ2n) is 5.01. The number of nitrogens with two attached hydrogens (primary N) is 1. The van der Waals surface area contributed by atoms with E-state index in [0.29, 0.717) is 10.6 Å². The average Bonchev–Trinajstić information content (AvgIpc) is 2.87. The lowest BCUT2D eigenvalue weighted by molar-refractivity contribution is 0.598. The minimum atomic E-state index is -3.81. The third kappa shape index (κ3) is 2.72. The minimum Gasteiger partial charge on any atom is -0.346 e. The predicted octanol–water partition coefficient (Wildman–Crippen LogP) is 3.09. The topological polar surface area (TPSA) is 88.8 Å². The second kappa shape index (κ2) is 5.39. The van der Waals surface area contributed by atoms with Gasteiger partial charge in [-0.3, -0.25) is 0 Å². The van der Waals surface area contributed by atoms with Gasteiger partial charge >= 0.3 is 0 Å². The Kier molecular flexibility index (Phi) is 3.68. The fourth-order valence-electron chi connectivity index (χ4n) is 2.40. The molecule has 0 aliphatic heterocycles. The molecule has 0 bridgehead atoms. The first-order valence-corrected chi connectivity index (χ1v) is 8.60. The SMILES string of the molecule is CCc1c[nH]c2ncc(-c3cc(Cl)cc(S(N)(=O)=O)c3)cc12. The van der Waals surface area contributed by atoms with Crippen molar-refractivity contribution in [2.45, 2.75) is 18.2 Å². The lowest BCUT2D eigenvalue weighted by Gasteiger charge is -2.06. The molecule has 3 aromatic rings. The number of hydrogen-bond donors (Lipinski definition) is 2. The fourth-order valence-corrected chi connectivity index (χ4v) is 3.28. The number of H-pyrrole nitrogens is 1. The average molecular weight is 336 g/mol. The summed E-state index contributed by atoms with van der Waals surface area (Å²) < 4.78 is 23.1. The van der Waals surface area contributed by atoms with E-state index in [4.69, 9.17) is 16.7 Å². The van der Waals surface area contributed by atoms with E-state index in [1.165, 1.54) is 12.1 Å². The highest BCUT2D eigenvalue weighted by atomic mass is 35.5. The molecule has 0 atom stereocenters. The van der Waals surface area contributed by atoms with Crippen LogP contribution in [0.15, 0.2) is 41.6 Å². The molecule has 0 spiro atoms. The van der Waals surface area contributed by atoms with Crippen LogP contribution in [0.2, 0.25) is 5.02 Å². The van der Waals surface area contributed by atoms with Gasteiger partial charge in [-0.1, -0.05) is 18.5 Å². The summed E-state index contributed by atoms with van der Waals surface area (Å²) in [6, 6.07) is 6.50. The molecule has 114 valence electrons. The van der Waals surface area contributed by atoms with Crippen LogP contribution < -0.4 is 5.14 Å². The van der Waals surface area contributed by atoms with Gasteiger partial charge in [-0.05, 0) is 41.8 Å². The summed E-state index contributed by atoms with van der Waals surface area (Å²) in [5, 5.41) is 6.51. The highest BCUT2D eigenvalue weighted by molar-refractivity contribution is 7.89. The number of primary sulfonamides is 1. The molecule has 3 N–H and O–H groups in total. The number of pyridine rings is 1. The molecule has 1 aromatic carbocycles. The van der Waals surface area contributed by atoms with E-state index in [1.807, 2.05) is 12.3 Å². The largest absolute Gasteiger partial charge is 0.346 e. The fraction of sp³-hybridized carbons (Fsp3) is 0.133. The first-order valence-electron chi connectivity index (χ1n) is 6.68. The number of aromatic amines is 1. The van der Waals surface area contributed by atoms with Gasteiger partial charge in [0.25, 0.3) is 0 Å². The zero-order valence-corrected chi connectivity index (χ0v) is 13.4. The zero-order chi connectivity index (χ0) is 15.9. The van der Waals surface area contributed by atoms with Crippen molar-refractivity contribution >= 4 is 32.7 Å². The van der Waals surface area contributed by atoms with Crippen molar-refractivity contribution in [3.8, 4) is 11.1 Å². The summed E-state index contributed by atoms with van der Waals surface area (Å²) in [6.45, 7) is 2.06. The Hall–Kier alpha value is -1.89. The minimum absolute atomic E-state index is 0.0140. The smallest absolute Gasteiger partial charge is 0.238 e. The number of halogens is 1. The molecule has 0 aliphatic carbocycles. The van der Waals surface area contributed by atoms with Gasteiger partial charge in [-0.25, -0.2) is 18.5 Å². The quantitative estimate of drug-likeness (QED) is 0.770. The molecular weight excluding hydrogens is 322 g/mol. The van der Waals surface area contributed by atoms with Crippen molar-refractivity contribution < 1.29 is 8.42 Å². The summed E-state index contributed by atoms with van der Waals surface area (Å²) in [5.74, 6) is 0. The molecule has 22 heavy (non-hydrogen) atoms. The molecule has 0 fully saturated rings. The lowest BCUT2D eigenvalue weighted by Crippen LogP contribution is -2.12. The maximum atomic E-state index is 11.5. The molecule has 3 rings (SSSR count). The van der Waals surface area contributed by atoms with E-state index in [0.717, 1.165) is 28.6 Å². The number of aromatic nitrogens is 2. The Morgan fingerprint density at radius 3 is 2.68 bits per heavy atom. The van der Waals surface area contributed by atoms with Crippen LogP contribution in [0.4, 0.5) is 0 Å². The Bertz CT molecular complexity index is 964. The van der Waals surface area contributed by atoms with Crippen molar-refractivity contribution in [2.75, 3.05) is 0 Å². The van der Waals surface area contributed by atoms with E-state index < -0.39 is 10.0 Å². The summed E-state index contributed by atoms with van der Waals surface area (Å²) in [4.78, 5) is 7.47. The first-order chi connectivity index (χ1) is 10.4. The lowest BCUT2D eigenvalue weighted by atomic mass is 10.1. The van der Waals surface area contributed by atoms with Crippen LogP contribution >= 0.6 is 11.6 Å². The summed E-state index contributed by atoms with van der Waals surface area (Å²) >= 11 is 6.02. The molecular formula is C15H14ClN3O2S. The van der Waals surface area contributed by atoms with Crippen LogP contribution in [-0.2, 0) is 16.4 Å². The molecule has 5 nitrogen and oxygen atoms in total. The van der Waals surface area contributed by atoms with Crippen LogP contribution in [0, 0.1) is 0 Å². The van der Waals surface area contributed by atoms with Crippen molar-refractivity contribution in [1.29, 1.82) is 0 Å². The van der Waals surface area contributed by atoms with Crippen LogP contribution in [0.25, 0.3) is 22.2 Å². The Morgan fingerprint density at radius 2 is 2.00 bits per heavy atom. The molecule has 0 aliphatic rings. The highest BCUT2D eigenvalue weighted by Gasteiger charge is 2.12. The van der Waals surface area contributed by atoms with Crippen molar-refractivity contribution in [1.82, 2.24) is 9.97 Å². The van der Waals surface area contributed by atoms with Crippen LogP contribution in [0.1, 0.15) is 12.5 Å². The molecule has 7 heteroatoms. The van der Waals surface area contributed by atoms with E-state index in [1.54, 1.807) is 12.3 Å². The van der Waals surface area contributed by atoms with E-state index in [2.05, 4.69) is 16.9 Å². The van der Waals surface area contributed by atoms with E-state index in [-0.39, 0.29) is 4.90 Å². The number of hydrogen-bond acceptors (Lipinski definition) is 3. The molecule has 0 saturated heterocycles. The van der Waals surface area contributed by atoms with Gasteiger partial charge in [-0.2, -0.15) is 0 Å². The molecule has 2 heterocycles. The normalized spacial score (nSPS) is 12.0. The maximum absolute atomic E-state index is 11.5. The number of benzene rings is 1. The number of rotatable bonds is 3. The van der Waals surface area contributed by atoms with E-state index in [9.17, 15) is 8.42 Å². The molecule has 0 unspecified atom stereocenters. The summed E-state index contributed by atoms with van der Waals surface area (Å²) in [7, 11) is -3.81. The van der Waals surface area contributed by atoms with Gasteiger partial charge in [0.2, 0.25) is 10.0 Å². The third-order valence-electron chi connectivity index (χ3n) is 3.53. The van der Waals surface area contributed by atoms with Gasteiger partial charge in [-0.15, -0.1) is 0 Å². The van der Waals surface area contributed by atoms with Crippen LogP contribution in [0.5, 0.6) is 0 Å².